The van der Waals surface area contributed by atoms with Crippen LogP contribution in [0.5, 0.6) is 0 Å². The van der Waals surface area contributed by atoms with Crippen molar-refractivity contribution in [3.8, 4) is 0 Å². The molecule has 0 spiro atoms. The smallest absolute Gasteiger partial charge is 0.000549 e. The third-order valence-electron chi connectivity index (χ3n) is 3.91. The Morgan fingerprint density at radius 3 is 2.50 bits per heavy atom. The molecule has 1 heterocycles. The molecule has 1 saturated heterocycles. The van der Waals surface area contributed by atoms with Crippen LogP contribution in [0.1, 0.15) is 39.0 Å². The Balaban J connectivity index is 1.90. The van der Waals surface area contributed by atoms with Crippen molar-refractivity contribution in [2.45, 2.75) is 39.0 Å². The minimum Gasteiger partial charge on any atom is -0.316 e. The van der Waals surface area contributed by atoms with Gasteiger partial charge in [-0.3, -0.25) is 0 Å². The molecule has 0 radical (unpaired) electrons. The van der Waals surface area contributed by atoms with Crippen LogP contribution in [0.25, 0.3) is 0 Å². The lowest BCUT2D eigenvalue weighted by Gasteiger charge is -2.41. The fourth-order valence-corrected chi connectivity index (χ4v) is 2.98. The second-order valence-electron chi connectivity index (χ2n) is 4.53. The van der Waals surface area contributed by atoms with Crippen LogP contribution in [0, 0.1) is 17.8 Å². The van der Waals surface area contributed by atoms with E-state index in [1.807, 2.05) is 0 Å². The van der Waals surface area contributed by atoms with Crippen molar-refractivity contribution in [1.82, 2.24) is 5.32 Å². The third-order valence-corrected chi connectivity index (χ3v) is 3.91. The number of hydrogen-bond donors (Lipinski definition) is 1. The molecule has 12 heavy (non-hydrogen) atoms. The van der Waals surface area contributed by atoms with Crippen LogP contribution in [-0.4, -0.2) is 13.1 Å². The molecule has 1 heteroatoms. The van der Waals surface area contributed by atoms with Crippen molar-refractivity contribution in [2.75, 3.05) is 13.1 Å². The summed E-state index contributed by atoms with van der Waals surface area (Å²) in [7, 11) is 0. The van der Waals surface area contributed by atoms with E-state index < -0.39 is 0 Å². The van der Waals surface area contributed by atoms with Crippen LogP contribution < -0.4 is 5.32 Å². The van der Waals surface area contributed by atoms with Crippen LogP contribution in [-0.2, 0) is 0 Å². The van der Waals surface area contributed by atoms with Gasteiger partial charge in [0, 0.05) is 0 Å². The van der Waals surface area contributed by atoms with Gasteiger partial charge in [-0.25, -0.2) is 0 Å². The number of nitrogens with one attached hydrogen (secondary N) is 1. The number of rotatable bonds is 2. The van der Waals surface area contributed by atoms with Gasteiger partial charge in [0.15, 0.2) is 0 Å². The molecule has 1 aliphatic carbocycles. The zero-order chi connectivity index (χ0) is 8.39. The highest BCUT2D eigenvalue weighted by Gasteiger charge is 2.33. The van der Waals surface area contributed by atoms with Crippen molar-refractivity contribution in [2.24, 2.45) is 17.8 Å². The summed E-state index contributed by atoms with van der Waals surface area (Å²) < 4.78 is 0. The molecule has 0 amide bonds. The highest BCUT2D eigenvalue weighted by atomic mass is 15.0. The lowest BCUT2D eigenvalue weighted by molar-refractivity contribution is 0.116. The van der Waals surface area contributed by atoms with E-state index in [-0.39, 0.29) is 0 Å². The molecular weight excluding hydrogens is 146 g/mol. The van der Waals surface area contributed by atoms with Gasteiger partial charge in [-0.15, -0.1) is 0 Å². The molecule has 1 saturated carbocycles. The Kier molecular flexibility index (Phi) is 2.69. The van der Waals surface area contributed by atoms with Gasteiger partial charge >= 0.3 is 0 Å². The first kappa shape index (κ1) is 8.55. The molecule has 2 atom stereocenters. The molecule has 2 rings (SSSR count). The van der Waals surface area contributed by atoms with Crippen molar-refractivity contribution < 1.29 is 0 Å². The van der Waals surface area contributed by atoms with Gasteiger partial charge in [0.25, 0.3) is 0 Å². The molecular formula is C11H21N. The second kappa shape index (κ2) is 3.78. The first-order chi connectivity index (χ1) is 5.92. The summed E-state index contributed by atoms with van der Waals surface area (Å²) >= 11 is 0. The van der Waals surface area contributed by atoms with E-state index in [0.717, 1.165) is 17.8 Å². The van der Waals surface area contributed by atoms with Crippen molar-refractivity contribution in [1.29, 1.82) is 0 Å². The monoisotopic (exact) mass is 167 g/mol. The predicted octanol–water partition coefficient (Wildman–Crippen LogP) is 2.42. The Labute approximate surface area is 75.9 Å². The standard InChI is InChI=1S/C11H21N/c1-2-9-5-3-4-6-11(9)10-7-12-8-10/h9-12H,2-8H2,1H3. The lowest BCUT2D eigenvalue weighted by atomic mass is 9.69. The van der Waals surface area contributed by atoms with Crippen LogP contribution >= 0.6 is 0 Å². The topological polar surface area (TPSA) is 12.0 Å². The minimum atomic E-state index is 1.04. The molecule has 2 aliphatic rings. The minimum absolute atomic E-state index is 1.04. The molecule has 70 valence electrons. The van der Waals surface area contributed by atoms with E-state index in [9.17, 15) is 0 Å². The van der Waals surface area contributed by atoms with Crippen LogP contribution in [0.3, 0.4) is 0 Å². The van der Waals surface area contributed by atoms with Gasteiger partial charge in [0.2, 0.25) is 0 Å². The largest absolute Gasteiger partial charge is 0.316 e. The molecule has 1 aliphatic heterocycles. The Hall–Kier alpha value is -0.0400. The summed E-state index contributed by atoms with van der Waals surface area (Å²) in [6.45, 7) is 4.98. The van der Waals surface area contributed by atoms with Crippen molar-refractivity contribution >= 4 is 0 Å². The Morgan fingerprint density at radius 2 is 1.92 bits per heavy atom. The summed E-state index contributed by atoms with van der Waals surface area (Å²) in [5.41, 5.74) is 0. The second-order valence-corrected chi connectivity index (χ2v) is 4.53. The lowest BCUT2D eigenvalue weighted by Crippen LogP contribution is -2.48. The third kappa shape index (κ3) is 1.52. The summed E-state index contributed by atoms with van der Waals surface area (Å²) in [4.78, 5) is 0. The summed E-state index contributed by atoms with van der Waals surface area (Å²) in [6.07, 6.45) is 7.44. The van der Waals surface area contributed by atoms with E-state index in [0.29, 0.717) is 0 Å². The van der Waals surface area contributed by atoms with Crippen LogP contribution in [0.15, 0.2) is 0 Å². The van der Waals surface area contributed by atoms with Crippen LogP contribution in [0.4, 0.5) is 0 Å². The fourth-order valence-electron chi connectivity index (χ4n) is 2.98. The zero-order valence-corrected chi connectivity index (χ0v) is 8.18. The van der Waals surface area contributed by atoms with Crippen LogP contribution in [0.2, 0.25) is 0 Å². The molecule has 0 bridgehead atoms. The van der Waals surface area contributed by atoms with E-state index in [1.54, 1.807) is 0 Å². The van der Waals surface area contributed by atoms with Gasteiger partial charge in [0.1, 0.15) is 0 Å². The molecule has 1 N–H and O–H groups in total. The van der Waals surface area contributed by atoms with Gasteiger partial charge < -0.3 is 5.32 Å². The Morgan fingerprint density at radius 1 is 1.17 bits per heavy atom. The normalized spacial score (nSPS) is 37.8. The molecule has 0 aromatic heterocycles. The molecule has 2 unspecified atom stereocenters. The van der Waals surface area contributed by atoms with E-state index in [2.05, 4.69) is 12.2 Å². The summed E-state index contributed by atoms with van der Waals surface area (Å²) in [5, 5.41) is 3.40. The van der Waals surface area contributed by atoms with E-state index in [4.69, 9.17) is 0 Å². The maximum atomic E-state index is 3.40. The fraction of sp³-hybridized carbons (Fsp3) is 1.00. The highest BCUT2D eigenvalue weighted by molar-refractivity contribution is 4.87. The first-order valence-electron chi connectivity index (χ1n) is 5.62. The Bertz CT molecular complexity index is 140. The maximum Gasteiger partial charge on any atom is -0.000549 e. The molecule has 0 aromatic rings. The van der Waals surface area contributed by atoms with Gasteiger partial charge in [0.05, 0.1) is 0 Å². The summed E-state index contributed by atoms with van der Waals surface area (Å²) in [5.74, 6) is 3.17. The molecule has 0 aromatic carbocycles. The van der Waals surface area contributed by atoms with Gasteiger partial charge in [-0.2, -0.15) is 0 Å². The predicted molar refractivity (Wildman–Crippen MR) is 52.1 cm³/mol. The van der Waals surface area contributed by atoms with Gasteiger partial charge in [-0.1, -0.05) is 32.6 Å². The van der Waals surface area contributed by atoms with Crippen molar-refractivity contribution in [3.05, 3.63) is 0 Å². The molecule has 2 fully saturated rings. The highest BCUT2D eigenvalue weighted by Crippen LogP contribution is 2.38. The van der Waals surface area contributed by atoms with Crippen molar-refractivity contribution in [3.63, 3.8) is 0 Å². The SMILES string of the molecule is CCC1CCCCC1C1CNC1. The quantitative estimate of drug-likeness (QED) is 0.666. The average Bonchev–Trinajstić information content (AvgIpc) is 2.02. The summed E-state index contributed by atoms with van der Waals surface area (Å²) in [6, 6.07) is 0. The average molecular weight is 167 g/mol. The van der Waals surface area contributed by atoms with Gasteiger partial charge in [-0.05, 0) is 37.3 Å². The first-order valence-corrected chi connectivity index (χ1v) is 5.62. The molecule has 1 nitrogen and oxygen atoms in total. The van der Waals surface area contributed by atoms with E-state index in [1.165, 1.54) is 45.2 Å². The number of hydrogen-bond acceptors (Lipinski definition) is 1. The zero-order valence-electron chi connectivity index (χ0n) is 8.18. The van der Waals surface area contributed by atoms with E-state index >= 15 is 0 Å². The maximum absolute atomic E-state index is 3.40.